The van der Waals surface area contributed by atoms with Crippen LogP contribution in [0.4, 0.5) is 10.6 Å². The van der Waals surface area contributed by atoms with E-state index in [1.807, 2.05) is 0 Å². The van der Waals surface area contributed by atoms with Crippen LogP contribution in [0.5, 0.6) is 0 Å². The highest BCUT2D eigenvalue weighted by Crippen LogP contribution is 2.23. The molecule has 6 nitrogen and oxygen atoms in total. The van der Waals surface area contributed by atoms with Crippen molar-refractivity contribution in [3.63, 3.8) is 0 Å². The van der Waals surface area contributed by atoms with E-state index < -0.39 is 12.4 Å². The van der Waals surface area contributed by atoms with Gasteiger partial charge in [0.05, 0.1) is 18.9 Å². The molecule has 0 radical (unpaired) electrons. The number of nitrogens with zero attached hydrogens (tertiary/aromatic N) is 2. The van der Waals surface area contributed by atoms with Crippen LogP contribution in [0.3, 0.4) is 0 Å². The molecule has 1 aliphatic heterocycles. The smallest absolute Gasteiger partial charge is 0.412 e. The Morgan fingerprint density at radius 2 is 2.19 bits per heavy atom. The number of amides is 1. The Morgan fingerprint density at radius 1 is 1.50 bits per heavy atom. The molecule has 0 aliphatic carbocycles. The molecule has 0 spiro atoms. The summed E-state index contributed by atoms with van der Waals surface area (Å²) in [5.41, 5.74) is 0.586. The van der Waals surface area contributed by atoms with Crippen LogP contribution in [0, 0.1) is 0 Å². The maximum absolute atomic E-state index is 10.8. The highest BCUT2D eigenvalue weighted by molar-refractivity contribution is 5.83. The summed E-state index contributed by atoms with van der Waals surface area (Å²) in [5.74, 6) is 0.351. The Balaban J connectivity index is 2.21. The van der Waals surface area contributed by atoms with Crippen LogP contribution in [-0.2, 0) is 9.47 Å². The number of ether oxygens (including phenoxy) is 2. The predicted octanol–water partition coefficient (Wildman–Crippen LogP) is 1.24. The second-order valence-electron chi connectivity index (χ2n) is 3.34. The summed E-state index contributed by atoms with van der Waals surface area (Å²) in [5, 5.41) is 8.82. The molecule has 2 heterocycles. The van der Waals surface area contributed by atoms with Crippen molar-refractivity contribution in [2.24, 2.45) is 0 Å². The van der Waals surface area contributed by atoms with E-state index in [-0.39, 0.29) is 0 Å². The quantitative estimate of drug-likeness (QED) is 0.818. The second-order valence-corrected chi connectivity index (χ2v) is 3.34. The number of anilines is 1. The van der Waals surface area contributed by atoms with Crippen molar-refractivity contribution in [2.45, 2.75) is 6.29 Å². The van der Waals surface area contributed by atoms with Crippen molar-refractivity contribution in [3.8, 4) is 0 Å². The number of hydrogen-bond donors (Lipinski definition) is 1. The van der Waals surface area contributed by atoms with E-state index in [1.165, 1.54) is 7.05 Å². The third kappa shape index (κ3) is 2.12. The molecule has 1 aromatic rings. The maximum Gasteiger partial charge on any atom is 0.412 e. The summed E-state index contributed by atoms with van der Waals surface area (Å²) in [7, 11) is 1.44. The van der Waals surface area contributed by atoms with Gasteiger partial charge < -0.3 is 14.6 Å². The van der Waals surface area contributed by atoms with Crippen LogP contribution in [0.15, 0.2) is 18.2 Å². The molecule has 1 amide bonds. The van der Waals surface area contributed by atoms with Crippen LogP contribution in [0.1, 0.15) is 12.0 Å². The van der Waals surface area contributed by atoms with Crippen molar-refractivity contribution in [1.82, 2.24) is 4.98 Å². The van der Waals surface area contributed by atoms with E-state index in [0.717, 1.165) is 4.90 Å². The first-order valence-electron chi connectivity index (χ1n) is 4.85. The van der Waals surface area contributed by atoms with Gasteiger partial charge in [0.25, 0.3) is 0 Å². The molecular formula is C10H12N2O4. The molecule has 0 unspecified atom stereocenters. The lowest BCUT2D eigenvalue weighted by atomic mass is 10.3. The van der Waals surface area contributed by atoms with Gasteiger partial charge in [-0.1, -0.05) is 6.07 Å². The first-order chi connectivity index (χ1) is 7.68. The minimum absolute atomic E-state index is 0.351. The van der Waals surface area contributed by atoms with Gasteiger partial charge in [0, 0.05) is 7.05 Å². The Hall–Kier alpha value is -1.66. The van der Waals surface area contributed by atoms with Gasteiger partial charge in [-0.05, 0) is 12.1 Å². The molecule has 1 N–H and O–H groups in total. The molecule has 0 aromatic carbocycles. The monoisotopic (exact) mass is 224 g/mol. The van der Waals surface area contributed by atoms with E-state index in [1.54, 1.807) is 18.2 Å². The van der Waals surface area contributed by atoms with Crippen LogP contribution in [0.25, 0.3) is 0 Å². The Bertz CT molecular complexity index is 390. The number of pyridine rings is 1. The van der Waals surface area contributed by atoms with Crippen LogP contribution in [0.2, 0.25) is 0 Å². The van der Waals surface area contributed by atoms with Gasteiger partial charge in [-0.25, -0.2) is 9.78 Å². The maximum atomic E-state index is 10.8. The summed E-state index contributed by atoms with van der Waals surface area (Å²) in [6.07, 6.45) is -1.54. The molecule has 2 rings (SSSR count). The van der Waals surface area contributed by atoms with Crippen LogP contribution < -0.4 is 4.90 Å². The number of aromatic nitrogens is 1. The number of rotatable bonds is 2. The van der Waals surface area contributed by atoms with Crippen LogP contribution >= 0.6 is 0 Å². The van der Waals surface area contributed by atoms with Crippen molar-refractivity contribution in [3.05, 3.63) is 23.9 Å². The largest absolute Gasteiger partial charge is 0.465 e. The van der Waals surface area contributed by atoms with E-state index in [2.05, 4.69) is 4.98 Å². The standard InChI is InChI=1S/C10H12N2O4/c1-12(10(13)14)8-4-2-3-7(11-8)9-15-5-6-16-9/h2-4,9H,5-6H2,1H3,(H,13,14). The molecule has 0 atom stereocenters. The predicted molar refractivity (Wildman–Crippen MR) is 55.3 cm³/mol. The van der Waals surface area contributed by atoms with Gasteiger partial charge in [0.2, 0.25) is 6.29 Å². The Morgan fingerprint density at radius 3 is 2.81 bits per heavy atom. The third-order valence-corrected chi connectivity index (χ3v) is 2.25. The van der Waals surface area contributed by atoms with E-state index in [4.69, 9.17) is 14.6 Å². The average molecular weight is 224 g/mol. The summed E-state index contributed by atoms with van der Waals surface area (Å²) < 4.78 is 10.6. The fourth-order valence-corrected chi connectivity index (χ4v) is 1.38. The van der Waals surface area contributed by atoms with Crippen molar-refractivity contribution < 1.29 is 19.4 Å². The molecule has 6 heteroatoms. The lowest BCUT2D eigenvalue weighted by Crippen LogP contribution is -2.25. The molecule has 0 bridgehead atoms. The van der Waals surface area contributed by atoms with Crippen LogP contribution in [-0.4, -0.2) is 36.4 Å². The summed E-state index contributed by atoms with van der Waals surface area (Å²) >= 11 is 0. The molecule has 86 valence electrons. The van der Waals surface area contributed by atoms with Gasteiger partial charge >= 0.3 is 6.09 Å². The third-order valence-electron chi connectivity index (χ3n) is 2.25. The second kappa shape index (κ2) is 4.46. The van der Waals surface area contributed by atoms with Gasteiger partial charge in [-0.3, -0.25) is 4.90 Å². The van der Waals surface area contributed by atoms with Crippen molar-refractivity contribution in [2.75, 3.05) is 25.2 Å². The molecule has 1 saturated heterocycles. The summed E-state index contributed by atoms with van der Waals surface area (Å²) in [4.78, 5) is 16.0. The van der Waals surface area contributed by atoms with Crippen molar-refractivity contribution in [1.29, 1.82) is 0 Å². The highest BCUT2D eigenvalue weighted by atomic mass is 16.7. The number of carboxylic acid groups (broad SMARTS) is 1. The van der Waals surface area contributed by atoms with E-state index in [9.17, 15) is 4.79 Å². The van der Waals surface area contributed by atoms with Gasteiger partial charge in [-0.2, -0.15) is 0 Å². The zero-order valence-electron chi connectivity index (χ0n) is 8.79. The average Bonchev–Trinajstić information content (AvgIpc) is 2.81. The minimum Gasteiger partial charge on any atom is -0.465 e. The molecule has 0 saturated carbocycles. The van der Waals surface area contributed by atoms with E-state index in [0.29, 0.717) is 24.7 Å². The lowest BCUT2D eigenvalue weighted by molar-refractivity contribution is -0.0472. The highest BCUT2D eigenvalue weighted by Gasteiger charge is 2.20. The Kier molecular flexibility index (Phi) is 3.02. The van der Waals surface area contributed by atoms with Gasteiger partial charge in [-0.15, -0.1) is 0 Å². The van der Waals surface area contributed by atoms with E-state index >= 15 is 0 Å². The minimum atomic E-state index is -1.06. The summed E-state index contributed by atoms with van der Waals surface area (Å²) in [6, 6.07) is 5.09. The molecule has 1 aliphatic rings. The zero-order chi connectivity index (χ0) is 11.5. The first-order valence-corrected chi connectivity index (χ1v) is 4.85. The Labute approximate surface area is 92.4 Å². The van der Waals surface area contributed by atoms with Gasteiger partial charge in [0.1, 0.15) is 5.82 Å². The lowest BCUT2D eigenvalue weighted by Gasteiger charge is -2.14. The normalized spacial score (nSPS) is 16.3. The fourth-order valence-electron chi connectivity index (χ4n) is 1.38. The molecule has 1 fully saturated rings. The SMILES string of the molecule is CN(C(=O)O)c1cccc(C2OCCO2)n1. The molecular weight excluding hydrogens is 212 g/mol. The number of carbonyl (C=O) groups is 1. The zero-order valence-corrected chi connectivity index (χ0v) is 8.79. The molecule has 16 heavy (non-hydrogen) atoms. The number of hydrogen-bond acceptors (Lipinski definition) is 4. The fraction of sp³-hybridized carbons (Fsp3) is 0.400. The molecule has 1 aromatic heterocycles. The van der Waals surface area contributed by atoms with Gasteiger partial charge in [0.15, 0.2) is 0 Å². The topological polar surface area (TPSA) is 71.9 Å². The first kappa shape index (κ1) is 10.8. The van der Waals surface area contributed by atoms with Crippen molar-refractivity contribution >= 4 is 11.9 Å². The summed E-state index contributed by atoms with van der Waals surface area (Å²) in [6.45, 7) is 1.07.